The van der Waals surface area contributed by atoms with E-state index in [-0.39, 0.29) is 10.6 Å². The Labute approximate surface area is 139 Å². The zero-order chi connectivity index (χ0) is 17.2. The number of sulfone groups is 1. The summed E-state index contributed by atoms with van der Waals surface area (Å²) >= 11 is 0. The molecule has 0 radical (unpaired) electrons. The number of amides is 1. The van der Waals surface area contributed by atoms with Crippen LogP contribution in [-0.2, 0) is 9.84 Å². The van der Waals surface area contributed by atoms with Crippen molar-refractivity contribution in [1.29, 1.82) is 0 Å². The van der Waals surface area contributed by atoms with Gasteiger partial charge in [-0.05, 0) is 18.2 Å². The highest BCUT2D eigenvalue weighted by atomic mass is 32.2. The Morgan fingerprint density at radius 1 is 1.04 bits per heavy atom. The third kappa shape index (κ3) is 3.52. The van der Waals surface area contributed by atoms with Crippen molar-refractivity contribution in [1.82, 2.24) is 5.16 Å². The number of nitrogens with zero attached hydrogens (tertiary/aromatic N) is 1. The molecule has 1 heterocycles. The van der Waals surface area contributed by atoms with Crippen molar-refractivity contribution >= 4 is 21.4 Å². The molecule has 2 aromatic carbocycles. The highest BCUT2D eigenvalue weighted by Gasteiger charge is 2.15. The third-order valence-corrected chi connectivity index (χ3v) is 4.43. The van der Waals surface area contributed by atoms with Gasteiger partial charge in [-0.3, -0.25) is 4.79 Å². The second-order valence-electron chi connectivity index (χ2n) is 5.20. The molecule has 24 heavy (non-hydrogen) atoms. The Bertz CT molecular complexity index is 979. The fourth-order valence-electron chi connectivity index (χ4n) is 2.12. The summed E-state index contributed by atoms with van der Waals surface area (Å²) in [4.78, 5) is 12.4. The summed E-state index contributed by atoms with van der Waals surface area (Å²) in [5, 5.41) is 6.36. The fraction of sp³-hybridized carbons (Fsp3) is 0.0588. The highest BCUT2D eigenvalue weighted by Crippen LogP contribution is 2.21. The molecule has 0 aliphatic carbocycles. The minimum Gasteiger partial charge on any atom is -0.355 e. The van der Waals surface area contributed by atoms with Crippen molar-refractivity contribution in [2.24, 2.45) is 0 Å². The van der Waals surface area contributed by atoms with Crippen LogP contribution in [0, 0.1) is 0 Å². The van der Waals surface area contributed by atoms with Gasteiger partial charge in [0.2, 0.25) is 0 Å². The minimum absolute atomic E-state index is 0.110. The molecule has 0 aliphatic heterocycles. The van der Waals surface area contributed by atoms with Gasteiger partial charge < -0.3 is 9.84 Å². The Kier molecular flexibility index (Phi) is 4.18. The molecule has 0 atom stereocenters. The van der Waals surface area contributed by atoms with Crippen molar-refractivity contribution in [3.8, 4) is 11.3 Å². The normalized spacial score (nSPS) is 11.2. The summed E-state index contributed by atoms with van der Waals surface area (Å²) in [7, 11) is -3.34. The quantitative estimate of drug-likeness (QED) is 0.787. The molecule has 0 aliphatic rings. The minimum atomic E-state index is -3.34. The third-order valence-electron chi connectivity index (χ3n) is 3.32. The van der Waals surface area contributed by atoms with Gasteiger partial charge >= 0.3 is 0 Å². The van der Waals surface area contributed by atoms with Crippen molar-refractivity contribution in [3.63, 3.8) is 0 Å². The van der Waals surface area contributed by atoms with Crippen molar-refractivity contribution in [3.05, 3.63) is 66.4 Å². The number of carbonyl (C=O) groups excluding carboxylic acids is 1. The molecular weight excluding hydrogens is 328 g/mol. The summed E-state index contributed by atoms with van der Waals surface area (Å²) in [6.07, 6.45) is 1.11. The molecule has 0 saturated heterocycles. The number of hydrogen-bond acceptors (Lipinski definition) is 5. The first-order valence-electron chi connectivity index (χ1n) is 7.07. The van der Waals surface area contributed by atoms with Crippen LogP contribution in [0.2, 0.25) is 0 Å². The van der Waals surface area contributed by atoms with E-state index >= 15 is 0 Å². The molecule has 0 spiro atoms. The Morgan fingerprint density at radius 3 is 2.50 bits per heavy atom. The topological polar surface area (TPSA) is 89.3 Å². The van der Waals surface area contributed by atoms with Gasteiger partial charge in [-0.2, -0.15) is 0 Å². The summed E-state index contributed by atoms with van der Waals surface area (Å²) in [5.74, 6) is -0.00258. The number of carbonyl (C=O) groups is 1. The first-order valence-corrected chi connectivity index (χ1v) is 8.96. The second kappa shape index (κ2) is 6.29. The van der Waals surface area contributed by atoms with Crippen molar-refractivity contribution < 1.29 is 17.7 Å². The lowest BCUT2D eigenvalue weighted by Crippen LogP contribution is -2.12. The molecule has 0 saturated carbocycles. The van der Waals surface area contributed by atoms with Crippen LogP contribution in [0.15, 0.2) is 70.1 Å². The van der Waals surface area contributed by atoms with Crippen LogP contribution in [0.4, 0.5) is 5.69 Å². The molecule has 7 heteroatoms. The number of anilines is 1. The monoisotopic (exact) mass is 342 g/mol. The Hall–Kier alpha value is -2.93. The number of rotatable bonds is 4. The summed E-state index contributed by atoms with van der Waals surface area (Å²) in [6.45, 7) is 0. The first-order chi connectivity index (χ1) is 11.4. The predicted octanol–water partition coefficient (Wildman–Crippen LogP) is 3.00. The molecule has 0 fully saturated rings. The molecule has 1 N–H and O–H groups in total. The van der Waals surface area contributed by atoms with Gasteiger partial charge in [-0.15, -0.1) is 0 Å². The van der Waals surface area contributed by atoms with Crippen LogP contribution in [-0.4, -0.2) is 25.7 Å². The number of aromatic nitrogens is 1. The average molecular weight is 342 g/mol. The van der Waals surface area contributed by atoms with Gasteiger partial charge in [0.1, 0.15) is 0 Å². The van der Waals surface area contributed by atoms with Crippen molar-refractivity contribution in [2.75, 3.05) is 11.6 Å². The molecule has 0 unspecified atom stereocenters. The number of nitrogens with one attached hydrogen (secondary N) is 1. The van der Waals surface area contributed by atoms with E-state index in [1.165, 1.54) is 18.2 Å². The molecule has 3 aromatic rings. The smallest absolute Gasteiger partial charge is 0.277 e. The van der Waals surface area contributed by atoms with Gasteiger partial charge in [0.25, 0.3) is 5.91 Å². The highest BCUT2D eigenvalue weighted by molar-refractivity contribution is 7.90. The Morgan fingerprint density at radius 2 is 1.79 bits per heavy atom. The number of hydrogen-bond donors (Lipinski definition) is 1. The van der Waals surface area contributed by atoms with Crippen LogP contribution >= 0.6 is 0 Å². The van der Waals surface area contributed by atoms with Gasteiger partial charge in [0.05, 0.1) is 4.90 Å². The molecule has 3 rings (SSSR count). The lowest BCUT2D eigenvalue weighted by Gasteiger charge is -2.04. The average Bonchev–Trinajstić information content (AvgIpc) is 3.05. The van der Waals surface area contributed by atoms with E-state index in [1.54, 1.807) is 12.1 Å². The van der Waals surface area contributed by atoms with Crippen LogP contribution < -0.4 is 5.32 Å². The van der Waals surface area contributed by atoms with E-state index in [9.17, 15) is 13.2 Å². The van der Waals surface area contributed by atoms with Gasteiger partial charge in [0, 0.05) is 23.6 Å². The molecular formula is C17H14N2O4S. The SMILES string of the molecule is CS(=O)(=O)c1cccc(NC(=O)c2cc(-c3ccccc3)on2)c1. The maximum Gasteiger partial charge on any atom is 0.277 e. The standard InChI is InChI=1S/C17H14N2O4S/c1-24(21,22)14-9-5-8-13(10-14)18-17(20)15-11-16(23-19-15)12-6-3-2-4-7-12/h2-11H,1H3,(H,18,20). The van der Waals surface area contributed by atoms with Gasteiger partial charge in [0.15, 0.2) is 21.3 Å². The van der Waals surface area contributed by atoms with Crippen molar-refractivity contribution in [2.45, 2.75) is 4.90 Å². The summed E-state index contributed by atoms with van der Waals surface area (Å²) in [5.41, 5.74) is 1.29. The van der Waals surface area contributed by atoms with Gasteiger partial charge in [-0.25, -0.2) is 8.42 Å². The molecule has 122 valence electrons. The molecule has 1 aromatic heterocycles. The largest absolute Gasteiger partial charge is 0.355 e. The predicted molar refractivity (Wildman–Crippen MR) is 89.4 cm³/mol. The van der Waals surface area contributed by atoms with Crippen LogP contribution in [0.5, 0.6) is 0 Å². The summed E-state index contributed by atoms with van der Waals surface area (Å²) in [6, 6.07) is 16.8. The molecule has 6 nitrogen and oxygen atoms in total. The maximum atomic E-state index is 12.2. The summed E-state index contributed by atoms with van der Waals surface area (Å²) < 4.78 is 28.3. The first kappa shape index (κ1) is 15.9. The zero-order valence-corrected chi connectivity index (χ0v) is 13.6. The second-order valence-corrected chi connectivity index (χ2v) is 7.21. The van der Waals surface area contributed by atoms with Crippen LogP contribution in [0.1, 0.15) is 10.5 Å². The van der Waals surface area contributed by atoms with Gasteiger partial charge in [-0.1, -0.05) is 41.6 Å². The van der Waals surface area contributed by atoms with E-state index in [0.717, 1.165) is 11.8 Å². The Balaban J connectivity index is 1.80. The lowest BCUT2D eigenvalue weighted by atomic mass is 10.1. The molecule has 0 bridgehead atoms. The van der Waals surface area contributed by atoms with Crippen LogP contribution in [0.25, 0.3) is 11.3 Å². The van der Waals surface area contributed by atoms with E-state index in [1.807, 2.05) is 30.3 Å². The molecule has 1 amide bonds. The van der Waals surface area contributed by atoms with E-state index in [4.69, 9.17) is 4.52 Å². The number of benzene rings is 2. The zero-order valence-electron chi connectivity index (χ0n) is 12.8. The van der Waals surface area contributed by atoms with E-state index in [0.29, 0.717) is 11.4 Å². The van der Waals surface area contributed by atoms with Crippen LogP contribution in [0.3, 0.4) is 0 Å². The fourth-order valence-corrected chi connectivity index (χ4v) is 2.79. The van der Waals surface area contributed by atoms with E-state index in [2.05, 4.69) is 10.5 Å². The van der Waals surface area contributed by atoms with E-state index < -0.39 is 15.7 Å². The lowest BCUT2D eigenvalue weighted by molar-refractivity contribution is 0.101. The maximum absolute atomic E-state index is 12.2.